The number of carbonyl (C=O) groups is 1. The first-order chi connectivity index (χ1) is 11.9. The van der Waals surface area contributed by atoms with E-state index in [4.69, 9.17) is 4.74 Å². The highest BCUT2D eigenvalue weighted by molar-refractivity contribution is 7.92. The average molecular weight is 368 g/mol. The molecule has 140 valence electrons. The summed E-state index contributed by atoms with van der Waals surface area (Å²) in [5, 5.41) is 10.1. The highest BCUT2D eigenvalue weighted by atomic mass is 32.2. The van der Waals surface area contributed by atoms with Crippen molar-refractivity contribution in [3.05, 3.63) is 30.3 Å². The second-order valence-electron chi connectivity index (χ2n) is 6.82. The maximum atomic E-state index is 13.0. The molecule has 1 aliphatic rings. The minimum atomic E-state index is -3.49. The van der Waals surface area contributed by atoms with Crippen molar-refractivity contribution in [1.29, 1.82) is 0 Å². The normalized spacial score (nSPS) is 27.5. The monoisotopic (exact) mass is 368 g/mol. The van der Waals surface area contributed by atoms with Crippen LogP contribution in [0.25, 0.3) is 0 Å². The van der Waals surface area contributed by atoms with Crippen molar-refractivity contribution < 1.29 is 23.1 Å². The summed E-state index contributed by atoms with van der Waals surface area (Å²) in [6.07, 6.45) is 2.78. The van der Waals surface area contributed by atoms with Gasteiger partial charge in [-0.25, -0.2) is 8.42 Å². The Bertz CT molecular complexity index is 656. The van der Waals surface area contributed by atoms with E-state index in [0.29, 0.717) is 30.6 Å². The van der Waals surface area contributed by atoms with Crippen LogP contribution in [0.5, 0.6) is 0 Å². The second kappa shape index (κ2) is 8.81. The van der Waals surface area contributed by atoms with Gasteiger partial charge in [0.15, 0.2) is 9.84 Å². The third-order valence-electron chi connectivity index (χ3n) is 5.20. The van der Waals surface area contributed by atoms with Crippen LogP contribution in [0.2, 0.25) is 0 Å². The second-order valence-corrected chi connectivity index (χ2v) is 9.04. The topological polar surface area (TPSA) is 80.7 Å². The number of hydrogen-bond acceptors (Lipinski definition) is 5. The number of sulfone groups is 1. The Labute approximate surface area is 150 Å². The highest BCUT2D eigenvalue weighted by Crippen LogP contribution is 2.36. The van der Waals surface area contributed by atoms with Gasteiger partial charge in [0.1, 0.15) is 0 Å². The van der Waals surface area contributed by atoms with Crippen LogP contribution in [-0.2, 0) is 19.4 Å². The standard InChI is InChI=1S/C19H28O5S/c1-3-4-8-14-13-16(11-12-17(18(14)20)19(21)24-2)25(22,23)15-9-6-5-7-10-15/h5-7,9-10,14,16-18,20H,3-4,8,11-13H2,1-2H3/t14-,16+,17+,18+/m1/s1. The minimum Gasteiger partial charge on any atom is -0.469 e. The van der Waals surface area contributed by atoms with E-state index in [1.807, 2.05) is 0 Å². The summed E-state index contributed by atoms with van der Waals surface area (Å²) in [5.41, 5.74) is 0. The van der Waals surface area contributed by atoms with E-state index >= 15 is 0 Å². The zero-order valence-corrected chi connectivity index (χ0v) is 15.7. The van der Waals surface area contributed by atoms with Crippen molar-refractivity contribution in [2.75, 3.05) is 7.11 Å². The molecule has 0 heterocycles. The minimum absolute atomic E-state index is 0.213. The zero-order chi connectivity index (χ0) is 18.4. The summed E-state index contributed by atoms with van der Waals surface area (Å²) in [5.74, 6) is -1.32. The van der Waals surface area contributed by atoms with E-state index in [9.17, 15) is 18.3 Å². The third kappa shape index (κ3) is 4.61. The molecule has 5 nitrogen and oxygen atoms in total. The summed E-state index contributed by atoms with van der Waals surface area (Å²) in [4.78, 5) is 12.3. The lowest BCUT2D eigenvalue weighted by atomic mass is 9.86. The van der Waals surface area contributed by atoms with Crippen molar-refractivity contribution in [2.24, 2.45) is 11.8 Å². The van der Waals surface area contributed by atoms with Crippen LogP contribution in [0, 0.1) is 11.8 Å². The number of rotatable bonds is 6. The number of unbranched alkanes of at least 4 members (excludes halogenated alkanes) is 1. The number of esters is 1. The van der Waals surface area contributed by atoms with Gasteiger partial charge >= 0.3 is 5.97 Å². The number of aliphatic hydroxyl groups excluding tert-OH is 1. The number of aliphatic hydroxyl groups is 1. The summed E-state index contributed by atoms with van der Waals surface area (Å²) in [7, 11) is -2.18. The summed E-state index contributed by atoms with van der Waals surface area (Å²) in [6, 6.07) is 8.42. The molecule has 1 saturated carbocycles. The van der Waals surface area contributed by atoms with E-state index in [1.165, 1.54) is 7.11 Å². The first kappa shape index (κ1) is 19.9. The number of methoxy groups -OCH3 is 1. The molecule has 1 N–H and O–H groups in total. The molecule has 0 amide bonds. The molecule has 1 aromatic carbocycles. The first-order valence-corrected chi connectivity index (χ1v) is 10.5. The number of benzene rings is 1. The molecule has 0 spiro atoms. The van der Waals surface area contributed by atoms with Crippen molar-refractivity contribution in [3.8, 4) is 0 Å². The van der Waals surface area contributed by atoms with Gasteiger partial charge in [0.25, 0.3) is 0 Å². The molecule has 0 aromatic heterocycles. The molecule has 0 unspecified atom stereocenters. The zero-order valence-electron chi connectivity index (χ0n) is 14.9. The Kier molecular flexibility index (Phi) is 7.02. The molecule has 0 radical (unpaired) electrons. The smallest absolute Gasteiger partial charge is 0.311 e. The Balaban J connectivity index is 2.30. The Morgan fingerprint density at radius 2 is 1.92 bits per heavy atom. The molecule has 6 heteroatoms. The molecule has 1 aromatic rings. The van der Waals surface area contributed by atoms with Crippen molar-refractivity contribution in [1.82, 2.24) is 0 Å². The summed E-state index contributed by atoms with van der Waals surface area (Å²) < 4.78 is 30.9. The van der Waals surface area contributed by atoms with Crippen LogP contribution in [0.3, 0.4) is 0 Å². The largest absolute Gasteiger partial charge is 0.469 e. The van der Waals surface area contributed by atoms with E-state index in [0.717, 1.165) is 12.8 Å². The van der Waals surface area contributed by atoms with Gasteiger partial charge in [-0.05, 0) is 43.7 Å². The predicted molar refractivity (Wildman–Crippen MR) is 95.8 cm³/mol. The van der Waals surface area contributed by atoms with Gasteiger partial charge in [0, 0.05) is 0 Å². The fourth-order valence-corrected chi connectivity index (χ4v) is 5.58. The lowest BCUT2D eigenvalue weighted by Gasteiger charge is -2.26. The predicted octanol–water partition coefficient (Wildman–Crippen LogP) is 2.97. The van der Waals surface area contributed by atoms with Crippen LogP contribution < -0.4 is 0 Å². The Hall–Kier alpha value is -1.40. The third-order valence-corrected chi connectivity index (χ3v) is 7.44. The van der Waals surface area contributed by atoms with Crippen molar-refractivity contribution >= 4 is 15.8 Å². The molecule has 1 fully saturated rings. The highest BCUT2D eigenvalue weighted by Gasteiger charge is 2.41. The van der Waals surface area contributed by atoms with Crippen molar-refractivity contribution in [2.45, 2.75) is 61.7 Å². The van der Waals surface area contributed by atoms with Crippen LogP contribution in [0.1, 0.15) is 45.4 Å². The Morgan fingerprint density at radius 3 is 2.52 bits per heavy atom. The lowest BCUT2D eigenvalue weighted by molar-refractivity contribution is -0.151. The summed E-state index contributed by atoms with van der Waals surface area (Å²) in [6.45, 7) is 2.05. The van der Waals surface area contributed by atoms with Gasteiger partial charge in [0.05, 0.1) is 29.3 Å². The quantitative estimate of drug-likeness (QED) is 0.617. The molecular formula is C19H28O5S. The molecule has 0 aliphatic heterocycles. The molecule has 2 rings (SSSR count). The number of ether oxygens (including phenoxy) is 1. The van der Waals surface area contributed by atoms with Gasteiger partial charge in [-0.15, -0.1) is 0 Å². The molecular weight excluding hydrogens is 340 g/mol. The SMILES string of the molecule is CCCC[C@@H]1C[C@@H](S(=O)(=O)c2ccccc2)CC[C@H](C(=O)OC)[C@H]1O. The van der Waals surface area contributed by atoms with E-state index in [2.05, 4.69) is 6.92 Å². The molecule has 1 aliphatic carbocycles. The molecule has 0 bridgehead atoms. The maximum absolute atomic E-state index is 13.0. The Morgan fingerprint density at radius 1 is 1.24 bits per heavy atom. The van der Waals surface area contributed by atoms with Gasteiger partial charge in [-0.3, -0.25) is 4.79 Å². The van der Waals surface area contributed by atoms with Crippen LogP contribution in [-0.4, -0.2) is 38.0 Å². The van der Waals surface area contributed by atoms with Crippen LogP contribution >= 0.6 is 0 Å². The maximum Gasteiger partial charge on any atom is 0.311 e. The number of hydrogen-bond donors (Lipinski definition) is 1. The lowest BCUT2D eigenvalue weighted by Crippen LogP contribution is -2.34. The van der Waals surface area contributed by atoms with Crippen LogP contribution in [0.15, 0.2) is 35.2 Å². The fraction of sp³-hybridized carbons (Fsp3) is 0.632. The van der Waals surface area contributed by atoms with E-state index in [-0.39, 0.29) is 5.92 Å². The first-order valence-electron chi connectivity index (χ1n) is 8.96. The van der Waals surface area contributed by atoms with Gasteiger partial charge in [0.2, 0.25) is 0 Å². The molecule has 4 atom stereocenters. The summed E-state index contributed by atoms with van der Waals surface area (Å²) >= 11 is 0. The van der Waals surface area contributed by atoms with E-state index < -0.39 is 33.1 Å². The van der Waals surface area contributed by atoms with Gasteiger partial charge in [-0.2, -0.15) is 0 Å². The number of carbonyl (C=O) groups excluding carboxylic acids is 1. The van der Waals surface area contributed by atoms with Gasteiger partial charge < -0.3 is 9.84 Å². The molecule has 25 heavy (non-hydrogen) atoms. The van der Waals surface area contributed by atoms with E-state index in [1.54, 1.807) is 30.3 Å². The van der Waals surface area contributed by atoms with Gasteiger partial charge in [-0.1, -0.05) is 38.0 Å². The van der Waals surface area contributed by atoms with Crippen molar-refractivity contribution in [3.63, 3.8) is 0 Å². The average Bonchev–Trinajstić information content (AvgIpc) is 2.79. The molecule has 0 saturated heterocycles. The fourth-order valence-electron chi connectivity index (χ4n) is 3.71. The van der Waals surface area contributed by atoms with Crippen LogP contribution in [0.4, 0.5) is 0 Å².